The van der Waals surface area contributed by atoms with Crippen LogP contribution in [0.4, 0.5) is 11.4 Å². The van der Waals surface area contributed by atoms with Gasteiger partial charge in [-0.1, -0.05) is 48.5 Å². The monoisotopic (exact) mass is 546 g/mol. The number of nitrogens with zero attached hydrogens (tertiary/aromatic N) is 4. The third-order valence-corrected chi connectivity index (χ3v) is 6.93. The van der Waals surface area contributed by atoms with Gasteiger partial charge in [-0.3, -0.25) is 14.4 Å². The van der Waals surface area contributed by atoms with Crippen LogP contribution in [-0.2, 0) is 14.3 Å². The molecule has 4 rings (SSSR count). The minimum absolute atomic E-state index is 0.0464. The third-order valence-electron chi connectivity index (χ3n) is 6.93. The van der Waals surface area contributed by atoms with Crippen molar-refractivity contribution >= 4 is 23.2 Å². The predicted octanol–water partition coefficient (Wildman–Crippen LogP) is 2.99. The number of carbonyl (C=O) groups is 2. The van der Waals surface area contributed by atoms with Gasteiger partial charge in [0, 0.05) is 52.2 Å². The fourth-order valence-electron chi connectivity index (χ4n) is 4.71. The molecule has 2 heterocycles. The van der Waals surface area contributed by atoms with Crippen molar-refractivity contribution in [2.75, 3.05) is 56.2 Å². The molecule has 10 nitrogen and oxygen atoms in total. The van der Waals surface area contributed by atoms with Crippen molar-refractivity contribution < 1.29 is 14.3 Å². The normalized spacial score (nSPS) is 14.1. The number of aromatic nitrogens is 2. The van der Waals surface area contributed by atoms with Crippen LogP contribution < -0.4 is 21.1 Å². The Labute approximate surface area is 234 Å². The molecule has 0 unspecified atom stereocenters. The lowest BCUT2D eigenvalue weighted by atomic mass is 10.1. The molecule has 0 aliphatic carbocycles. The maximum Gasteiger partial charge on any atom is 0.296 e. The van der Waals surface area contributed by atoms with Crippen LogP contribution in [0.15, 0.2) is 71.7 Å². The summed E-state index contributed by atoms with van der Waals surface area (Å²) in [5.74, 6) is -0.189. The Morgan fingerprint density at radius 1 is 0.975 bits per heavy atom. The number of nitrogens with one attached hydrogen (secondary N) is 2. The molecule has 0 bridgehead atoms. The molecule has 10 heteroatoms. The van der Waals surface area contributed by atoms with Gasteiger partial charge in [0.15, 0.2) is 0 Å². The molecular formula is C30H38N6O4. The van der Waals surface area contributed by atoms with E-state index >= 15 is 0 Å². The number of piperazine rings is 1. The summed E-state index contributed by atoms with van der Waals surface area (Å²) in [5.41, 5.74) is 2.63. The van der Waals surface area contributed by atoms with Crippen LogP contribution in [0.3, 0.4) is 0 Å². The van der Waals surface area contributed by atoms with Gasteiger partial charge in [0.05, 0.1) is 30.2 Å². The molecule has 1 aliphatic heterocycles. The van der Waals surface area contributed by atoms with Crippen molar-refractivity contribution in [3.63, 3.8) is 0 Å². The first-order valence-corrected chi connectivity index (χ1v) is 13.8. The van der Waals surface area contributed by atoms with Crippen molar-refractivity contribution in [1.29, 1.82) is 0 Å². The molecule has 0 spiro atoms. The molecule has 2 aromatic carbocycles. The number of benzene rings is 2. The first kappa shape index (κ1) is 28.8. The number of rotatable bonds is 12. The lowest BCUT2D eigenvalue weighted by molar-refractivity contribution is -0.134. The van der Waals surface area contributed by atoms with Gasteiger partial charge in [-0.15, -0.1) is 0 Å². The van der Waals surface area contributed by atoms with Crippen LogP contribution in [0.2, 0.25) is 0 Å². The molecule has 1 aliphatic rings. The van der Waals surface area contributed by atoms with Gasteiger partial charge in [0.2, 0.25) is 11.8 Å². The van der Waals surface area contributed by atoms with Crippen LogP contribution in [-0.4, -0.2) is 72.4 Å². The molecule has 3 aromatic rings. The zero-order valence-corrected chi connectivity index (χ0v) is 23.2. The first-order valence-electron chi connectivity index (χ1n) is 13.8. The van der Waals surface area contributed by atoms with Crippen molar-refractivity contribution in [1.82, 2.24) is 20.0 Å². The van der Waals surface area contributed by atoms with Crippen LogP contribution in [0.25, 0.3) is 5.69 Å². The molecule has 40 heavy (non-hydrogen) atoms. The molecule has 1 aromatic heterocycles. The quantitative estimate of drug-likeness (QED) is 0.336. The smallest absolute Gasteiger partial charge is 0.296 e. The van der Waals surface area contributed by atoms with Gasteiger partial charge >= 0.3 is 0 Å². The van der Waals surface area contributed by atoms with E-state index < -0.39 is 0 Å². The fraction of sp³-hybridized carbons (Fsp3) is 0.400. The van der Waals surface area contributed by atoms with Crippen LogP contribution >= 0.6 is 0 Å². The van der Waals surface area contributed by atoms with Gasteiger partial charge in [-0.25, -0.2) is 0 Å². The number of hydrogen-bond donors (Lipinski definition) is 2. The van der Waals surface area contributed by atoms with E-state index in [0.29, 0.717) is 63.0 Å². The highest BCUT2D eigenvalue weighted by Crippen LogP contribution is 2.23. The summed E-state index contributed by atoms with van der Waals surface area (Å²) < 4.78 is 6.83. The minimum atomic E-state index is -0.241. The Hall–Kier alpha value is -4.18. The second kappa shape index (κ2) is 14.3. The molecular weight excluding hydrogens is 508 g/mol. The number of para-hydroxylation sites is 1. The average molecular weight is 547 g/mol. The summed E-state index contributed by atoms with van der Waals surface area (Å²) in [4.78, 5) is 42.6. The third kappa shape index (κ3) is 7.47. The number of anilines is 2. The van der Waals surface area contributed by atoms with E-state index in [1.807, 2.05) is 74.5 Å². The van der Waals surface area contributed by atoms with E-state index in [4.69, 9.17) is 4.74 Å². The average Bonchev–Trinajstić information content (AvgIpc) is 2.99. The number of hydrogen-bond acceptors (Lipinski definition) is 7. The Bertz CT molecular complexity index is 1310. The Morgan fingerprint density at radius 3 is 2.33 bits per heavy atom. The largest absolute Gasteiger partial charge is 0.380 e. The first-order chi connectivity index (χ1) is 19.5. The van der Waals surface area contributed by atoms with E-state index in [0.717, 1.165) is 5.56 Å². The number of ether oxygens (including phenoxy) is 1. The Morgan fingerprint density at radius 2 is 1.65 bits per heavy atom. The highest BCUT2D eigenvalue weighted by Gasteiger charge is 2.25. The van der Waals surface area contributed by atoms with Gasteiger partial charge < -0.3 is 25.2 Å². The number of carbonyl (C=O) groups excluding carboxylic acids is 2. The van der Waals surface area contributed by atoms with E-state index in [2.05, 4.69) is 20.6 Å². The highest BCUT2D eigenvalue weighted by molar-refractivity contribution is 5.84. The molecule has 212 valence electrons. The zero-order valence-electron chi connectivity index (χ0n) is 23.2. The zero-order chi connectivity index (χ0) is 28.3. The fourth-order valence-corrected chi connectivity index (χ4v) is 4.71. The molecule has 2 N–H and O–H groups in total. The molecule has 1 saturated heterocycles. The molecule has 0 saturated carbocycles. The summed E-state index contributed by atoms with van der Waals surface area (Å²) in [7, 11) is 0. The molecule has 1 atom stereocenters. The Balaban J connectivity index is 1.35. The Kier molecular flexibility index (Phi) is 10.3. The predicted molar refractivity (Wildman–Crippen MR) is 156 cm³/mol. The van der Waals surface area contributed by atoms with Crippen molar-refractivity contribution in [2.45, 2.75) is 32.7 Å². The standard InChI is InChI=1S/C30H38N6O4/c1-3-40-21-16-31-29-26(22-32-36(30(29)39)25-12-8-5-9-13-25)34-17-19-35(20-18-34)28(38)15-14-27(37)33-23(2)24-10-6-4-7-11-24/h4-13,22-23,31H,3,14-21H2,1-2H3,(H,33,37)/t23-/m1/s1. The van der Waals surface area contributed by atoms with E-state index in [1.54, 1.807) is 11.1 Å². The summed E-state index contributed by atoms with van der Waals surface area (Å²) in [5, 5.41) is 10.7. The van der Waals surface area contributed by atoms with Crippen LogP contribution in [0, 0.1) is 0 Å². The van der Waals surface area contributed by atoms with E-state index in [9.17, 15) is 14.4 Å². The summed E-state index contributed by atoms with van der Waals surface area (Å²) >= 11 is 0. The lowest BCUT2D eigenvalue weighted by Crippen LogP contribution is -2.49. The van der Waals surface area contributed by atoms with Crippen molar-refractivity contribution in [3.05, 3.63) is 82.8 Å². The maximum atomic E-state index is 13.5. The molecule has 1 fully saturated rings. The van der Waals surface area contributed by atoms with Crippen molar-refractivity contribution in [3.8, 4) is 5.69 Å². The summed E-state index contributed by atoms with van der Waals surface area (Å²) in [6.45, 7) is 7.53. The molecule has 0 radical (unpaired) electrons. The summed E-state index contributed by atoms with van der Waals surface area (Å²) in [6, 6.07) is 18.9. The highest BCUT2D eigenvalue weighted by atomic mass is 16.5. The van der Waals surface area contributed by atoms with Crippen LogP contribution in [0.1, 0.15) is 38.3 Å². The number of amides is 2. The topological polar surface area (TPSA) is 109 Å². The van der Waals surface area contributed by atoms with E-state index in [1.165, 1.54) is 4.68 Å². The molecule has 2 amide bonds. The second-order valence-corrected chi connectivity index (χ2v) is 9.65. The van der Waals surface area contributed by atoms with Gasteiger partial charge in [-0.2, -0.15) is 9.78 Å². The van der Waals surface area contributed by atoms with Gasteiger partial charge in [0.1, 0.15) is 5.69 Å². The maximum absolute atomic E-state index is 13.5. The van der Waals surface area contributed by atoms with Crippen molar-refractivity contribution in [2.24, 2.45) is 0 Å². The second-order valence-electron chi connectivity index (χ2n) is 9.65. The lowest BCUT2D eigenvalue weighted by Gasteiger charge is -2.36. The van der Waals surface area contributed by atoms with E-state index in [-0.39, 0.29) is 36.3 Å². The SMILES string of the molecule is CCOCCNc1c(N2CCN(C(=O)CCC(=O)N[C@H](C)c3ccccc3)CC2)cnn(-c2ccccc2)c1=O. The van der Waals surface area contributed by atoms with Gasteiger partial charge in [-0.05, 0) is 31.5 Å². The van der Waals surface area contributed by atoms with Gasteiger partial charge in [0.25, 0.3) is 5.56 Å². The minimum Gasteiger partial charge on any atom is -0.380 e. The van der Waals surface area contributed by atoms with Crippen LogP contribution in [0.5, 0.6) is 0 Å². The summed E-state index contributed by atoms with van der Waals surface area (Å²) in [6.07, 6.45) is 2.01.